The van der Waals surface area contributed by atoms with Crippen LogP contribution < -0.4 is 5.32 Å². The average molecular weight is 944 g/mol. The summed E-state index contributed by atoms with van der Waals surface area (Å²) < 4.78 is 23.6. The summed E-state index contributed by atoms with van der Waals surface area (Å²) >= 11 is 0. The summed E-state index contributed by atoms with van der Waals surface area (Å²) in [5.74, 6) is -0.196. The quantitative estimate of drug-likeness (QED) is 0.0243. The number of likely N-dealkylation sites (N-methyl/N-ethyl adjacent to an activating group) is 1. The first-order valence-corrected chi connectivity index (χ1v) is 28.5. The fraction of sp³-hybridized carbons (Fsp3) is 0.737. The van der Waals surface area contributed by atoms with E-state index in [9.17, 15) is 19.4 Å². The zero-order chi connectivity index (χ0) is 48.5. The molecular weight excluding hydrogens is 840 g/mol. The summed E-state index contributed by atoms with van der Waals surface area (Å²) in [7, 11) is 1.54. The maximum atomic E-state index is 13.0. The number of rotatable bonds is 48. The van der Waals surface area contributed by atoms with Gasteiger partial charge in [-0.2, -0.15) is 0 Å². The number of hydrogen-bond donors (Lipinski definition) is 3. The minimum Gasteiger partial charge on any atom is -0.387 e. The molecular formula is C57H104N2O6P+. The van der Waals surface area contributed by atoms with E-state index >= 15 is 0 Å². The Balaban J connectivity index is 4.33. The number of phosphoric acid groups is 1. The lowest BCUT2D eigenvalue weighted by molar-refractivity contribution is -0.870. The number of quaternary nitrogens is 1. The molecule has 382 valence electrons. The standard InChI is InChI=1S/C57H103N2O6P/c1-6-8-10-12-14-16-18-20-22-24-26-27-28-29-30-31-33-35-37-39-41-43-45-47-49-51-57(61)58-55(54-65-66(62,63)64-53-52-59(3,4)5)56(60)50-48-46-44-42-40-38-36-34-32-25-23-21-19-17-15-13-11-9-7-2/h8,10,14,16,20,22,26-27,32,34,40,42,48,50,55-56,60H,6-7,9,11-13,15,17-19,21,23-25,28-31,33,35-39,41,43-47,49,51-54H2,1-5H3,(H-,58,61,62,63)/p+1/b10-8-,16-14-,22-20-,27-26-,34-32+,42-40+,50-48+. The Morgan fingerprint density at radius 3 is 1.39 bits per heavy atom. The Bertz CT molecular complexity index is 1350. The summed E-state index contributed by atoms with van der Waals surface area (Å²) in [6.45, 7) is 4.67. The topological polar surface area (TPSA) is 105 Å². The molecule has 0 saturated heterocycles. The van der Waals surface area contributed by atoms with Gasteiger partial charge in [0.2, 0.25) is 5.91 Å². The second-order valence-electron chi connectivity index (χ2n) is 19.2. The number of nitrogens with one attached hydrogen (secondary N) is 1. The Hall–Kier alpha value is -2.32. The van der Waals surface area contributed by atoms with Crippen LogP contribution in [0.3, 0.4) is 0 Å². The molecule has 0 fully saturated rings. The fourth-order valence-corrected chi connectivity index (χ4v) is 8.09. The molecule has 0 aliphatic heterocycles. The highest BCUT2D eigenvalue weighted by Crippen LogP contribution is 2.43. The first-order valence-electron chi connectivity index (χ1n) is 27.0. The van der Waals surface area contributed by atoms with Crippen molar-refractivity contribution in [3.8, 4) is 0 Å². The molecule has 0 aliphatic rings. The van der Waals surface area contributed by atoms with Crippen molar-refractivity contribution >= 4 is 13.7 Å². The van der Waals surface area contributed by atoms with Crippen molar-refractivity contribution in [2.24, 2.45) is 0 Å². The monoisotopic (exact) mass is 944 g/mol. The van der Waals surface area contributed by atoms with Gasteiger partial charge in [-0.15, -0.1) is 0 Å². The average Bonchev–Trinajstić information content (AvgIpc) is 3.28. The smallest absolute Gasteiger partial charge is 0.387 e. The van der Waals surface area contributed by atoms with Crippen LogP contribution in [-0.4, -0.2) is 73.4 Å². The van der Waals surface area contributed by atoms with Crippen LogP contribution in [-0.2, 0) is 18.4 Å². The summed E-state index contributed by atoms with van der Waals surface area (Å²) in [5.41, 5.74) is 0. The van der Waals surface area contributed by atoms with E-state index in [1.54, 1.807) is 6.08 Å². The van der Waals surface area contributed by atoms with Crippen molar-refractivity contribution in [3.05, 3.63) is 85.1 Å². The minimum atomic E-state index is -4.36. The zero-order valence-corrected chi connectivity index (χ0v) is 44.3. The van der Waals surface area contributed by atoms with Gasteiger partial charge in [-0.05, 0) is 83.5 Å². The molecule has 0 aromatic carbocycles. The number of unbranched alkanes of at least 4 members (excludes halogenated alkanes) is 23. The van der Waals surface area contributed by atoms with Gasteiger partial charge in [0.15, 0.2) is 0 Å². The van der Waals surface area contributed by atoms with E-state index in [1.165, 1.54) is 128 Å². The molecule has 3 N–H and O–H groups in total. The second kappa shape index (κ2) is 47.7. The molecule has 0 bridgehead atoms. The zero-order valence-electron chi connectivity index (χ0n) is 43.4. The Morgan fingerprint density at radius 1 is 0.530 bits per heavy atom. The molecule has 0 aliphatic carbocycles. The van der Waals surface area contributed by atoms with Gasteiger partial charge in [-0.25, -0.2) is 4.57 Å². The van der Waals surface area contributed by atoms with Gasteiger partial charge in [-0.1, -0.05) is 214 Å². The molecule has 3 unspecified atom stereocenters. The van der Waals surface area contributed by atoms with Crippen LogP contribution >= 0.6 is 7.82 Å². The number of carbonyl (C=O) groups is 1. The Kier molecular flexibility index (Phi) is 46.1. The molecule has 9 heteroatoms. The van der Waals surface area contributed by atoms with Crippen molar-refractivity contribution in [1.82, 2.24) is 5.32 Å². The minimum absolute atomic E-state index is 0.0497. The van der Waals surface area contributed by atoms with Crippen LogP contribution in [0, 0.1) is 0 Å². The van der Waals surface area contributed by atoms with Gasteiger partial charge in [0.25, 0.3) is 0 Å². The first-order chi connectivity index (χ1) is 32.0. The maximum absolute atomic E-state index is 13.0. The second-order valence-corrected chi connectivity index (χ2v) is 20.7. The van der Waals surface area contributed by atoms with Crippen LogP contribution in [0.5, 0.6) is 0 Å². The third-order valence-electron chi connectivity index (χ3n) is 11.6. The van der Waals surface area contributed by atoms with Gasteiger partial charge in [-0.3, -0.25) is 13.8 Å². The van der Waals surface area contributed by atoms with Crippen LogP contribution in [0.1, 0.15) is 219 Å². The number of aliphatic hydroxyl groups is 1. The van der Waals surface area contributed by atoms with Crippen molar-refractivity contribution < 1.29 is 32.9 Å². The van der Waals surface area contributed by atoms with E-state index < -0.39 is 20.0 Å². The summed E-state index contributed by atoms with van der Waals surface area (Å²) in [5, 5.41) is 13.9. The first kappa shape index (κ1) is 63.7. The Morgan fingerprint density at radius 2 is 0.924 bits per heavy atom. The molecule has 8 nitrogen and oxygen atoms in total. The largest absolute Gasteiger partial charge is 0.472 e. The van der Waals surface area contributed by atoms with Gasteiger partial charge < -0.3 is 19.8 Å². The highest BCUT2D eigenvalue weighted by molar-refractivity contribution is 7.47. The van der Waals surface area contributed by atoms with E-state index in [1.807, 2.05) is 27.2 Å². The maximum Gasteiger partial charge on any atom is 0.472 e. The van der Waals surface area contributed by atoms with Gasteiger partial charge in [0.1, 0.15) is 13.2 Å². The molecule has 0 aromatic rings. The van der Waals surface area contributed by atoms with E-state index in [0.29, 0.717) is 17.4 Å². The van der Waals surface area contributed by atoms with E-state index in [2.05, 4.69) is 92.1 Å². The molecule has 0 radical (unpaired) electrons. The van der Waals surface area contributed by atoms with E-state index in [-0.39, 0.29) is 19.1 Å². The van der Waals surface area contributed by atoms with Crippen molar-refractivity contribution in [2.45, 2.75) is 231 Å². The molecule has 0 rings (SSSR count). The molecule has 3 atom stereocenters. The molecule has 0 spiro atoms. The van der Waals surface area contributed by atoms with Gasteiger partial charge >= 0.3 is 7.82 Å². The number of aliphatic hydroxyl groups excluding tert-OH is 1. The summed E-state index contributed by atoms with van der Waals surface area (Å²) in [4.78, 5) is 23.3. The number of phosphoric ester groups is 1. The number of amides is 1. The number of allylic oxidation sites excluding steroid dienone is 13. The van der Waals surface area contributed by atoms with Gasteiger partial charge in [0, 0.05) is 6.42 Å². The predicted molar refractivity (Wildman–Crippen MR) is 286 cm³/mol. The van der Waals surface area contributed by atoms with Gasteiger partial charge in [0.05, 0.1) is 39.9 Å². The number of hydrogen-bond acceptors (Lipinski definition) is 5. The van der Waals surface area contributed by atoms with Crippen molar-refractivity contribution in [3.63, 3.8) is 0 Å². The van der Waals surface area contributed by atoms with Crippen LogP contribution in [0.4, 0.5) is 0 Å². The lowest BCUT2D eigenvalue weighted by atomic mass is 10.0. The van der Waals surface area contributed by atoms with E-state index in [0.717, 1.165) is 70.6 Å². The molecule has 1 amide bonds. The lowest BCUT2D eigenvalue weighted by Gasteiger charge is -2.25. The SMILES string of the molecule is CC/C=C\C/C=C\C/C=C\C/C=C\CCCCCCCCCCCCCCC(=O)NC(COP(=O)(O)OCC[N+](C)(C)C)C(O)/C=C/CC/C=C/CC/C=C/CCCCCCCCCCC. The van der Waals surface area contributed by atoms with Crippen molar-refractivity contribution in [1.29, 1.82) is 0 Å². The Labute approximate surface area is 407 Å². The van der Waals surface area contributed by atoms with E-state index in [4.69, 9.17) is 9.05 Å². The molecule has 0 aromatic heterocycles. The third-order valence-corrected chi connectivity index (χ3v) is 12.6. The predicted octanol–water partition coefficient (Wildman–Crippen LogP) is 16.1. The summed E-state index contributed by atoms with van der Waals surface area (Å²) in [6.07, 6.45) is 66.7. The molecule has 0 saturated carbocycles. The van der Waals surface area contributed by atoms with Crippen LogP contribution in [0.25, 0.3) is 0 Å². The molecule has 0 heterocycles. The highest BCUT2D eigenvalue weighted by atomic mass is 31.2. The fourth-order valence-electron chi connectivity index (χ4n) is 7.36. The number of carbonyl (C=O) groups excluding carboxylic acids is 1. The summed E-state index contributed by atoms with van der Waals surface area (Å²) in [6, 6.07) is -0.875. The van der Waals surface area contributed by atoms with Crippen LogP contribution in [0.2, 0.25) is 0 Å². The lowest BCUT2D eigenvalue weighted by Crippen LogP contribution is -2.45. The molecule has 66 heavy (non-hydrogen) atoms. The van der Waals surface area contributed by atoms with Crippen LogP contribution in [0.15, 0.2) is 85.1 Å². The highest BCUT2D eigenvalue weighted by Gasteiger charge is 2.27. The number of nitrogens with zero attached hydrogens (tertiary/aromatic N) is 1. The third kappa shape index (κ3) is 49.6. The van der Waals surface area contributed by atoms with Crippen molar-refractivity contribution in [2.75, 3.05) is 40.9 Å². The normalized spacial score (nSPS) is 14.7.